The number of aliphatic carboxylic acids is 1. The molecule has 2 nitrogen and oxygen atoms in total. The fourth-order valence-electron chi connectivity index (χ4n) is 2.30. The predicted molar refractivity (Wildman–Crippen MR) is 114 cm³/mol. The predicted octanol–water partition coefficient (Wildman–Crippen LogP) is 7.41. The zero-order chi connectivity index (χ0) is 19.5. The summed E-state index contributed by atoms with van der Waals surface area (Å²) < 4.78 is 0. The van der Waals surface area contributed by atoms with Gasteiger partial charge in [0, 0.05) is 0 Å². The summed E-state index contributed by atoms with van der Waals surface area (Å²) in [7, 11) is 0. The van der Waals surface area contributed by atoms with Crippen molar-refractivity contribution in [1.29, 1.82) is 0 Å². The minimum Gasteiger partial charge on any atom is -0.481 e. The molecule has 0 atom stereocenters. The first-order chi connectivity index (χ1) is 12.5. The second-order valence-electron chi connectivity index (χ2n) is 7.14. The molecule has 0 fully saturated rings. The van der Waals surface area contributed by atoms with E-state index in [2.05, 4.69) is 67.7 Å². The zero-order valence-corrected chi connectivity index (χ0v) is 17.0. The molecule has 0 rings (SSSR count). The van der Waals surface area contributed by atoms with Gasteiger partial charge in [0.05, 0.1) is 5.41 Å². The number of carbonyl (C=O) groups is 1. The lowest BCUT2D eigenvalue weighted by Crippen LogP contribution is -2.23. The first kappa shape index (κ1) is 24.2. The summed E-state index contributed by atoms with van der Waals surface area (Å²) >= 11 is 0. The molecular weight excluding hydrogens is 320 g/mol. The van der Waals surface area contributed by atoms with Crippen molar-refractivity contribution in [3.8, 4) is 0 Å². The van der Waals surface area contributed by atoms with Crippen LogP contribution in [0.15, 0.2) is 60.8 Å². The zero-order valence-electron chi connectivity index (χ0n) is 17.0. The first-order valence-corrected chi connectivity index (χ1v) is 9.99. The van der Waals surface area contributed by atoms with Gasteiger partial charge in [0.25, 0.3) is 0 Å². The van der Waals surface area contributed by atoms with Crippen LogP contribution in [0.2, 0.25) is 0 Å². The molecular formula is C24H38O2. The molecule has 0 unspecified atom stereocenters. The molecule has 0 bridgehead atoms. The van der Waals surface area contributed by atoms with Crippen molar-refractivity contribution in [2.75, 3.05) is 0 Å². The topological polar surface area (TPSA) is 37.3 Å². The molecule has 146 valence electrons. The third kappa shape index (κ3) is 15.7. The molecule has 0 amide bonds. The third-order valence-electron chi connectivity index (χ3n) is 4.16. The summed E-state index contributed by atoms with van der Waals surface area (Å²) in [5.74, 6) is -0.702. The van der Waals surface area contributed by atoms with E-state index < -0.39 is 11.4 Å². The van der Waals surface area contributed by atoms with Crippen LogP contribution in [0.1, 0.15) is 78.6 Å². The standard InChI is InChI=1S/C24H38O2/c1-4-5-6-7-8-9-10-11-12-13-14-15-16-17-18-19-20-21-22-24(2,3)23(25)26/h5-6,8-9,11-12,14-15,17-18H,4,7,10,13,16,19-22H2,1-3H3,(H,25,26). The summed E-state index contributed by atoms with van der Waals surface area (Å²) in [6, 6.07) is 0. The van der Waals surface area contributed by atoms with Crippen molar-refractivity contribution in [3.63, 3.8) is 0 Å². The lowest BCUT2D eigenvalue weighted by Gasteiger charge is -2.18. The maximum absolute atomic E-state index is 11.0. The molecule has 0 aliphatic rings. The average molecular weight is 359 g/mol. The Labute approximate surface area is 161 Å². The van der Waals surface area contributed by atoms with Crippen LogP contribution in [-0.4, -0.2) is 11.1 Å². The Morgan fingerprint density at radius 3 is 1.58 bits per heavy atom. The lowest BCUT2D eigenvalue weighted by molar-refractivity contribution is -0.147. The fourth-order valence-corrected chi connectivity index (χ4v) is 2.30. The SMILES string of the molecule is CCC=CCC=CCC=CCC=CCC=CCCCCC(C)(C)C(=O)O. The van der Waals surface area contributed by atoms with Crippen LogP contribution in [0, 0.1) is 5.41 Å². The molecule has 1 N–H and O–H groups in total. The van der Waals surface area contributed by atoms with Gasteiger partial charge >= 0.3 is 5.97 Å². The summed E-state index contributed by atoms with van der Waals surface area (Å²) in [6.45, 7) is 5.75. The van der Waals surface area contributed by atoms with E-state index >= 15 is 0 Å². The number of unbranched alkanes of at least 4 members (excludes halogenated alkanes) is 2. The number of rotatable bonds is 15. The van der Waals surface area contributed by atoms with Crippen molar-refractivity contribution in [2.24, 2.45) is 5.41 Å². The van der Waals surface area contributed by atoms with Crippen LogP contribution in [0.3, 0.4) is 0 Å². The second-order valence-corrected chi connectivity index (χ2v) is 7.14. The summed E-state index contributed by atoms with van der Waals surface area (Å²) in [4.78, 5) is 11.0. The van der Waals surface area contributed by atoms with Crippen LogP contribution >= 0.6 is 0 Å². The maximum Gasteiger partial charge on any atom is 0.309 e. The quantitative estimate of drug-likeness (QED) is 0.244. The highest BCUT2D eigenvalue weighted by atomic mass is 16.4. The van der Waals surface area contributed by atoms with Gasteiger partial charge in [-0.1, -0.05) is 74.1 Å². The van der Waals surface area contributed by atoms with Gasteiger partial charge in [-0.3, -0.25) is 4.79 Å². The van der Waals surface area contributed by atoms with Gasteiger partial charge in [0.2, 0.25) is 0 Å². The molecule has 26 heavy (non-hydrogen) atoms. The Bertz CT molecular complexity index is 490. The van der Waals surface area contributed by atoms with Crippen LogP contribution < -0.4 is 0 Å². The monoisotopic (exact) mass is 358 g/mol. The van der Waals surface area contributed by atoms with Crippen LogP contribution in [-0.2, 0) is 4.79 Å². The van der Waals surface area contributed by atoms with Gasteiger partial charge in [0.1, 0.15) is 0 Å². The van der Waals surface area contributed by atoms with Gasteiger partial charge in [-0.05, 0) is 65.2 Å². The number of carboxylic acid groups (broad SMARTS) is 1. The van der Waals surface area contributed by atoms with Crippen LogP contribution in [0.25, 0.3) is 0 Å². The minimum absolute atomic E-state index is 0.595. The van der Waals surface area contributed by atoms with Gasteiger partial charge in [-0.25, -0.2) is 0 Å². The Balaban J connectivity index is 3.57. The van der Waals surface area contributed by atoms with E-state index in [-0.39, 0.29) is 0 Å². The van der Waals surface area contributed by atoms with E-state index in [4.69, 9.17) is 5.11 Å². The van der Waals surface area contributed by atoms with E-state index in [1.807, 2.05) is 0 Å². The maximum atomic E-state index is 11.0. The van der Waals surface area contributed by atoms with Crippen molar-refractivity contribution in [1.82, 2.24) is 0 Å². The lowest BCUT2D eigenvalue weighted by atomic mass is 9.87. The molecule has 0 aromatic heterocycles. The minimum atomic E-state index is -0.702. The highest BCUT2D eigenvalue weighted by Crippen LogP contribution is 2.23. The molecule has 0 radical (unpaired) electrons. The molecule has 0 saturated carbocycles. The Morgan fingerprint density at radius 2 is 1.15 bits per heavy atom. The van der Waals surface area contributed by atoms with Crippen molar-refractivity contribution >= 4 is 5.97 Å². The summed E-state index contributed by atoms with van der Waals surface area (Å²) in [6.07, 6.45) is 30.9. The van der Waals surface area contributed by atoms with Gasteiger partial charge in [-0.15, -0.1) is 0 Å². The smallest absolute Gasteiger partial charge is 0.309 e. The van der Waals surface area contributed by atoms with Gasteiger partial charge in [-0.2, -0.15) is 0 Å². The largest absolute Gasteiger partial charge is 0.481 e. The van der Waals surface area contributed by atoms with Gasteiger partial charge in [0.15, 0.2) is 0 Å². The molecule has 0 heterocycles. The Kier molecular flexibility index (Phi) is 15.5. The molecule has 0 aromatic carbocycles. The molecule has 0 aliphatic carbocycles. The Morgan fingerprint density at radius 1 is 0.731 bits per heavy atom. The summed E-state index contributed by atoms with van der Waals surface area (Å²) in [5.41, 5.74) is -0.595. The number of hydrogen-bond acceptors (Lipinski definition) is 1. The van der Waals surface area contributed by atoms with E-state index in [9.17, 15) is 4.79 Å². The van der Waals surface area contributed by atoms with Gasteiger partial charge < -0.3 is 5.11 Å². The molecule has 0 spiro atoms. The van der Waals surface area contributed by atoms with Crippen LogP contribution in [0.5, 0.6) is 0 Å². The molecule has 2 heteroatoms. The number of hydrogen-bond donors (Lipinski definition) is 1. The number of allylic oxidation sites excluding steroid dienone is 10. The average Bonchev–Trinajstić information content (AvgIpc) is 2.60. The van der Waals surface area contributed by atoms with Crippen molar-refractivity contribution in [3.05, 3.63) is 60.8 Å². The highest BCUT2D eigenvalue weighted by Gasteiger charge is 2.25. The third-order valence-corrected chi connectivity index (χ3v) is 4.16. The Hall–Kier alpha value is -1.83. The number of carboxylic acids is 1. The van der Waals surface area contributed by atoms with Crippen LogP contribution in [0.4, 0.5) is 0 Å². The highest BCUT2D eigenvalue weighted by molar-refractivity contribution is 5.73. The second kappa shape index (κ2) is 16.6. The first-order valence-electron chi connectivity index (χ1n) is 9.99. The van der Waals surface area contributed by atoms with Crippen molar-refractivity contribution in [2.45, 2.75) is 78.6 Å². The molecule has 0 saturated heterocycles. The van der Waals surface area contributed by atoms with E-state index in [1.165, 1.54) is 0 Å². The normalized spacial score (nSPS) is 13.3. The van der Waals surface area contributed by atoms with E-state index in [1.54, 1.807) is 13.8 Å². The fraction of sp³-hybridized carbons (Fsp3) is 0.542. The molecule has 0 aromatic rings. The molecule has 0 aliphatic heterocycles. The summed E-state index contributed by atoms with van der Waals surface area (Å²) in [5, 5.41) is 9.05. The van der Waals surface area contributed by atoms with Crippen molar-refractivity contribution < 1.29 is 9.90 Å². The van der Waals surface area contributed by atoms with E-state index in [0.29, 0.717) is 0 Å². The van der Waals surface area contributed by atoms with E-state index in [0.717, 1.165) is 57.8 Å².